The molecule has 3 aromatic carbocycles. The Morgan fingerprint density at radius 1 is 0.933 bits per heavy atom. The highest BCUT2D eigenvalue weighted by atomic mass is 35.5. The largest absolute Gasteiger partial charge is 0.497 e. The molecule has 0 atom stereocenters. The van der Waals surface area contributed by atoms with Gasteiger partial charge in [0.2, 0.25) is 0 Å². The molecule has 3 aromatic rings. The first kappa shape index (κ1) is 21.2. The maximum atomic E-state index is 12.4. The van der Waals surface area contributed by atoms with Crippen LogP contribution in [0.2, 0.25) is 5.02 Å². The number of benzene rings is 3. The first-order chi connectivity index (χ1) is 14.5. The average molecular weight is 425 g/mol. The van der Waals surface area contributed by atoms with Crippen molar-refractivity contribution in [3.8, 4) is 11.5 Å². The molecule has 0 aliphatic carbocycles. The molecular weight excluding hydrogens is 404 g/mol. The van der Waals surface area contributed by atoms with Gasteiger partial charge in [-0.2, -0.15) is 0 Å². The van der Waals surface area contributed by atoms with E-state index in [1.807, 2.05) is 6.92 Å². The fourth-order valence-corrected chi connectivity index (χ4v) is 2.86. The third-order valence-electron chi connectivity index (χ3n) is 4.36. The number of carbonyl (C=O) groups is 2. The van der Waals surface area contributed by atoms with Crippen molar-refractivity contribution in [1.82, 2.24) is 0 Å². The van der Waals surface area contributed by atoms with Crippen LogP contribution in [0.4, 0.5) is 11.4 Å². The van der Waals surface area contributed by atoms with E-state index in [9.17, 15) is 9.59 Å². The zero-order valence-electron chi connectivity index (χ0n) is 16.6. The molecular formula is C23H21ClN2O4. The summed E-state index contributed by atoms with van der Waals surface area (Å²) in [6, 6.07) is 18.9. The van der Waals surface area contributed by atoms with Crippen molar-refractivity contribution in [3.05, 3.63) is 82.9 Å². The fourth-order valence-electron chi connectivity index (χ4n) is 2.69. The molecule has 0 saturated carbocycles. The quantitative estimate of drug-likeness (QED) is 0.564. The number of ether oxygens (including phenoxy) is 2. The number of halogens is 1. The first-order valence-electron chi connectivity index (χ1n) is 9.19. The van der Waals surface area contributed by atoms with Crippen LogP contribution >= 0.6 is 11.6 Å². The van der Waals surface area contributed by atoms with Gasteiger partial charge in [-0.25, -0.2) is 0 Å². The highest BCUT2D eigenvalue weighted by Crippen LogP contribution is 2.24. The molecule has 3 rings (SSSR count). The molecule has 0 heterocycles. The van der Waals surface area contributed by atoms with Gasteiger partial charge in [0.05, 0.1) is 7.11 Å². The summed E-state index contributed by atoms with van der Waals surface area (Å²) in [6.07, 6.45) is 0. The van der Waals surface area contributed by atoms with Crippen LogP contribution in [-0.2, 0) is 4.79 Å². The van der Waals surface area contributed by atoms with Crippen molar-refractivity contribution in [3.63, 3.8) is 0 Å². The van der Waals surface area contributed by atoms with Crippen molar-refractivity contribution in [2.45, 2.75) is 6.92 Å². The highest BCUT2D eigenvalue weighted by molar-refractivity contribution is 6.31. The van der Waals surface area contributed by atoms with Crippen LogP contribution in [0.15, 0.2) is 66.7 Å². The van der Waals surface area contributed by atoms with Gasteiger partial charge in [0, 0.05) is 28.0 Å². The van der Waals surface area contributed by atoms with Gasteiger partial charge < -0.3 is 20.1 Å². The zero-order valence-corrected chi connectivity index (χ0v) is 17.3. The van der Waals surface area contributed by atoms with Crippen LogP contribution in [0.25, 0.3) is 0 Å². The van der Waals surface area contributed by atoms with Gasteiger partial charge in [0.25, 0.3) is 11.8 Å². The molecule has 2 N–H and O–H groups in total. The minimum absolute atomic E-state index is 0.162. The lowest BCUT2D eigenvalue weighted by Gasteiger charge is -2.11. The van der Waals surface area contributed by atoms with Crippen LogP contribution in [0.1, 0.15) is 15.9 Å². The van der Waals surface area contributed by atoms with Crippen LogP contribution in [0.3, 0.4) is 0 Å². The molecule has 0 aromatic heterocycles. The molecule has 0 unspecified atom stereocenters. The van der Waals surface area contributed by atoms with E-state index in [1.165, 1.54) is 0 Å². The van der Waals surface area contributed by atoms with E-state index >= 15 is 0 Å². The maximum Gasteiger partial charge on any atom is 0.262 e. The Balaban J connectivity index is 1.54. The molecule has 0 saturated heterocycles. The summed E-state index contributed by atoms with van der Waals surface area (Å²) in [7, 11) is 1.56. The Hall–Kier alpha value is -3.51. The summed E-state index contributed by atoms with van der Waals surface area (Å²) < 4.78 is 10.6. The molecule has 0 fully saturated rings. The van der Waals surface area contributed by atoms with Gasteiger partial charge in [-0.3, -0.25) is 9.59 Å². The lowest BCUT2D eigenvalue weighted by Crippen LogP contribution is -2.20. The van der Waals surface area contributed by atoms with E-state index in [0.717, 1.165) is 5.56 Å². The van der Waals surface area contributed by atoms with E-state index in [2.05, 4.69) is 10.6 Å². The summed E-state index contributed by atoms with van der Waals surface area (Å²) in [6.45, 7) is 1.68. The number of nitrogens with one attached hydrogen (secondary N) is 2. The van der Waals surface area contributed by atoms with Crippen LogP contribution < -0.4 is 20.1 Å². The molecule has 0 spiro atoms. The summed E-state index contributed by atoms with van der Waals surface area (Å²) in [4.78, 5) is 24.5. The van der Waals surface area contributed by atoms with E-state index in [4.69, 9.17) is 21.1 Å². The van der Waals surface area contributed by atoms with Crippen LogP contribution in [-0.4, -0.2) is 25.5 Å². The molecule has 0 aliphatic heterocycles. The van der Waals surface area contributed by atoms with Gasteiger partial charge >= 0.3 is 0 Å². The smallest absolute Gasteiger partial charge is 0.262 e. The summed E-state index contributed by atoms with van der Waals surface area (Å²) in [5.41, 5.74) is 2.53. The number of hydrogen-bond donors (Lipinski definition) is 2. The average Bonchev–Trinajstić information content (AvgIpc) is 2.76. The molecule has 0 bridgehead atoms. The monoisotopic (exact) mass is 424 g/mol. The minimum Gasteiger partial charge on any atom is -0.497 e. The Morgan fingerprint density at radius 3 is 2.40 bits per heavy atom. The summed E-state index contributed by atoms with van der Waals surface area (Å²) in [5.74, 6) is 0.561. The first-order valence-corrected chi connectivity index (χ1v) is 9.57. The van der Waals surface area contributed by atoms with Gasteiger partial charge in [-0.1, -0.05) is 23.7 Å². The van der Waals surface area contributed by atoms with Gasteiger partial charge in [0.15, 0.2) is 6.61 Å². The molecule has 7 heteroatoms. The Morgan fingerprint density at radius 2 is 1.67 bits per heavy atom. The van der Waals surface area contributed by atoms with Crippen LogP contribution in [0, 0.1) is 6.92 Å². The van der Waals surface area contributed by atoms with E-state index < -0.39 is 0 Å². The predicted octanol–water partition coefficient (Wildman–Crippen LogP) is 4.93. The maximum absolute atomic E-state index is 12.4. The second kappa shape index (κ2) is 9.80. The van der Waals surface area contributed by atoms with Crippen molar-refractivity contribution in [1.29, 1.82) is 0 Å². The number of anilines is 2. The standard InChI is InChI=1S/C23H21ClN2O4/c1-15-20(24)7-4-8-21(15)26-23(28)16-9-11-18(12-10-16)30-14-22(27)25-17-5-3-6-19(13-17)29-2/h3-13H,14H2,1-2H3,(H,25,27)(H,26,28). The Bertz CT molecular complexity index is 1050. The highest BCUT2D eigenvalue weighted by Gasteiger charge is 2.10. The van der Waals surface area contributed by atoms with E-state index in [-0.39, 0.29) is 18.4 Å². The molecule has 30 heavy (non-hydrogen) atoms. The number of methoxy groups -OCH3 is 1. The molecule has 154 valence electrons. The second-order valence-electron chi connectivity index (χ2n) is 6.46. The molecule has 0 radical (unpaired) electrons. The third-order valence-corrected chi connectivity index (χ3v) is 4.77. The van der Waals surface area contributed by atoms with Crippen molar-refractivity contribution >= 4 is 34.8 Å². The zero-order chi connectivity index (χ0) is 21.5. The SMILES string of the molecule is COc1cccc(NC(=O)COc2ccc(C(=O)Nc3cccc(Cl)c3C)cc2)c1. The number of rotatable bonds is 7. The van der Waals surface area contributed by atoms with Crippen molar-refractivity contribution in [2.24, 2.45) is 0 Å². The Labute approximate surface area is 179 Å². The van der Waals surface area contributed by atoms with Crippen molar-refractivity contribution in [2.75, 3.05) is 24.4 Å². The summed E-state index contributed by atoms with van der Waals surface area (Å²) >= 11 is 6.08. The second-order valence-corrected chi connectivity index (χ2v) is 6.87. The third kappa shape index (κ3) is 5.52. The fraction of sp³-hybridized carbons (Fsp3) is 0.130. The van der Waals surface area contributed by atoms with Crippen LogP contribution in [0.5, 0.6) is 11.5 Å². The van der Waals surface area contributed by atoms with Crippen molar-refractivity contribution < 1.29 is 19.1 Å². The number of amides is 2. The van der Waals surface area contributed by atoms with Gasteiger partial charge in [0.1, 0.15) is 11.5 Å². The normalized spacial score (nSPS) is 10.2. The molecule has 2 amide bonds. The summed E-state index contributed by atoms with van der Waals surface area (Å²) in [5, 5.41) is 6.16. The predicted molar refractivity (Wildman–Crippen MR) is 118 cm³/mol. The minimum atomic E-state index is -0.304. The van der Waals surface area contributed by atoms with Gasteiger partial charge in [-0.05, 0) is 61.0 Å². The topological polar surface area (TPSA) is 76.7 Å². The molecule has 6 nitrogen and oxygen atoms in total. The number of carbonyl (C=O) groups excluding carboxylic acids is 2. The lowest BCUT2D eigenvalue weighted by molar-refractivity contribution is -0.118. The van der Waals surface area contributed by atoms with E-state index in [1.54, 1.807) is 73.8 Å². The lowest BCUT2D eigenvalue weighted by atomic mass is 10.1. The van der Waals surface area contributed by atoms with E-state index in [0.29, 0.717) is 33.5 Å². The molecule has 0 aliphatic rings. The Kier molecular flexibility index (Phi) is 6.93. The number of hydrogen-bond acceptors (Lipinski definition) is 4. The van der Waals surface area contributed by atoms with Gasteiger partial charge in [-0.15, -0.1) is 0 Å².